The van der Waals surface area contributed by atoms with Crippen LogP contribution in [0.3, 0.4) is 0 Å². The molecule has 0 unspecified atom stereocenters. The number of hydrogen-bond donors (Lipinski definition) is 2. The second kappa shape index (κ2) is 5.96. The standard InChI is InChI=1S/C13H17ClF3N3O/c1-8-2-4-12(7-21,5-3-8)20-10-6-9(14)18-11(19-10)13(15,16)17/h6,8,21H,2-5,7H2,1H3,(H,18,19,20). The summed E-state index contributed by atoms with van der Waals surface area (Å²) < 4.78 is 38.1. The van der Waals surface area contributed by atoms with Crippen LogP contribution < -0.4 is 5.32 Å². The van der Waals surface area contributed by atoms with E-state index in [0.29, 0.717) is 18.8 Å². The van der Waals surface area contributed by atoms with Gasteiger partial charge >= 0.3 is 6.18 Å². The summed E-state index contributed by atoms with van der Waals surface area (Å²) in [6.45, 7) is 1.95. The number of aromatic nitrogens is 2. The Morgan fingerprint density at radius 3 is 2.52 bits per heavy atom. The van der Waals surface area contributed by atoms with Crippen LogP contribution in [0.5, 0.6) is 0 Å². The summed E-state index contributed by atoms with van der Waals surface area (Å²) >= 11 is 5.63. The topological polar surface area (TPSA) is 58.0 Å². The molecule has 0 bridgehead atoms. The summed E-state index contributed by atoms with van der Waals surface area (Å²) in [6.07, 6.45) is -1.51. The molecule has 8 heteroatoms. The molecule has 2 rings (SSSR count). The highest BCUT2D eigenvalue weighted by Crippen LogP contribution is 2.35. The Kier molecular flexibility index (Phi) is 4.63. The summed E-state index contributed by atoms with van der Waals surface area (Å²) in [5.74, 6) is -0.744. The normalized spacial score (nSPS) is 26.7. The SMILES string of the molecule is CC1CCC(CO)(Nc2cc(Cl)nc(C(F)(F)F)n2)CC1. The molecule has 1 aromatic rings. The first-order chi connectivity index (χ1) is 9.74. The summed E-state index contributed by atoms with van der Waals surface area (Å²) in [5, 5.41) is 12.3. The van der Waals surface area contributed by atoms with E-state index in [1.165, 1.54) is 6.07 Å². The van der Waals surface area contributed by atoms with Crippen LogP contribution in [0.4, 0.5) is 19.0 Å². The maximum atomic E-state index is 12.7. The third-order valence-electron chi connectivity index (χ3n) is 3.88. The predicted molar refractivity (Wildman–Crippen MR) is 73.1 cm³/mol. The Balaban J connectivity index is 2.24. The van der Waals surface area contributed by atoms with Crippen molar-refractivity contribution < 1.29 is 18.3 Å². The molecule has 2 N–H and O–H groups in total. The fourth-order valence-electron chi connectivity index (χ4n) is 2.52. The van der Waals surface area contributed by atoms with E-state index < -0.39 is 17.5 Å². The van der Waals surface area contributed by atoms with Gasteiger partial charge < -0.3 is 10.4 Å². The Morgan fingerprint density at radius 1 is 1.38 bits per heavy atom. The second-order valence-electron chi connectivity index (χ2n) is 5.64. The Hall–Kier alpha value is -1.08. The number of aliphatic hydroxyl groups excluding tert-OH is 1. The molecular weight excluding hydrogens is 307 g/mol. The van der Waals surface area contributed by atoms with Crippen LogP contribution in [0.15, 0.2) is 6.07 Å². The van der Waals surface area contributed by atoms with Gasteiger partial charge in [0.05, 0.1) is 12.1 Å². The van der Waals surface area contributed by atoms with E-state index in [0.717, 1.165) is 12.8 Å². The number of alkyl halides is 3. The Morgan fingerprint density at radius 2 is 2.00 bits per heavy atom. The minimum atomic E-state index is -4.66. The minimum absolute atomic E-state index is 0.00840. The highest BCUT2D eigenvalue weighted by Gasteiger charge is 2.37. The molecule has 1 aliphatic rings. The monoisotopic (exact) mass is 323 g/mol. The van der Waals surface area contributed by atoms with Crippen LogP contribution in [0, 0.1) is 5.92 Å². The van der Waals surface area contributed by atoms with Crippen molar-refractivity contribution in [2.45, 2.75) is 44.3 Å². The average molecular weight is 324 g/mol. The maximum Gasteiger partial charge on any atom is 0.451 e. The van der Waals surface area contributed by atoms with E-state index in [1.54, 1.807) is 0 Å². The van der Waals surface area contributed by atoms with E-state index in [2.05, 4.69) is 22.2 Å². The second-order valence-corrected chi connectivity index (χ2v) is 6.03. The smallest absolute Gasteiger partial charge is 0.394 e. The van der Waals surface area contributed by atoms with Gasteiger partial charge in [0, 0.05) is 6.07 Å². The lowest BCUT2D eigenvalue weighted by Gasteiger charge is -2.39. The van der Waals surface area contributed by atoms with Crippen LogP contribution in [0.25, 0.3) is 0 Å². The zero-order chi connectivity index (χ0) is 15.7. The average Bonchev–Trinajstić information content (AvgIpc) is 2.40. The molecule has 1 aromatic heterocycles. The van der Waals surface area contributed by atoms with Crippen molar-refractivity contribution in [1.29, 1.82) is 0 Å². The van der Waals surface area contributed by atoms with E-state index in [9.17, 15) is 18.3 Å². The van der Waals surface area contributed by atoms with E-state index in [-0.39, 0.29) is 17.6 Å². The van der Waals surface area contributed by atoms with Crippen molar-refractivity contribution >= 4 is 17.4 Å². The van der Waals surface area contributed by atoms with Gasteiger partial charge in [-0.1, -0.05) is 18.5 Å². The number of rotatable bonds is 3. The quantitative estimate of drug-likeness (QED) is 0.836. The third-order valence-corrected chi connectivity index (χ3v) is 4.07. The minimum Gasteiger partial charge on any atom is -0.394 e. The molecule has 21 heavy (non-hydrogen) atoms. The molecule has 0 radical (unpaired) electrons. The summed E-state index contributed by atoms with van der Waals surface area (Å²) in [5.41, 5.74) is -0.646. The molecule has 1 saturated carbocycles. The van der Waals surface area contributed by atoms with Crippen molar-refractivity contribution in [2.75, 3.05) is 11.9 Å². The molecule has 0 atom stereocenters. The fraction of sp³-hybridized carbons (Fsp3) is 0.692. The molecule has 1 aliphatic carbocycles. The zero-order valence-electron chi connectivity index (χ0n) is 11.5. The number of nitrogens with one attached hydrogen (secondary N) is 1. The van der Waals surface area contributed by atoms with Crippen molar-refractivity contribution in [3.05, 3.63) is 17.0 Å². The van der Waals surface area contributed by atoms with Crippen molar-refractivity contribution in [2.24, 2.45) is 5.92 Å². The van der Waals surface area contributed by atoms with Crippen molar-refractivity contribution in [3.63, 3.8) is 0 Å². The van der Waals surface area contributed by atoms with E-state index >= 15 is 0 Å². The molecular formula is C13H17ClF3N3O. The summed E-state index contributed by atoms with van der Waals surface area (Å²) in [7, 11) is 0. The van der Waals surface area contributed by atoms with Gasteiger partial charge in [0.2, 0.25) is 5.82 Å². The number of aliphatic hydroxyl groups is 1. The molecule has 1 heterocycles. The molecule has 0 aromatic carbocycles. The number of nitrogens with zero attached hydrogens (tertiary/aromatic N) is 2. The molecule has 0 amide bonds. The van der Waals surface area contributed by atoms with Crippen molar-refractivity contribution in [3.8, 4) is 0 Å². The van der Waals surface area contributed by atoms with Crippen molar-refractivity contribution in [1.82, 2.24) is 9.97 Å². The van der Waals surface area contributed by atoms with E-state index in [4.69, 9.17) is 11.6 Å². The molecule has 1 fully saturated rings. The zero-order valence-corrected chi connectivity index (χ0v) is 12.3. The maximum absolute atomic E-state index is 12.7. The van der Waals surface area contributed by atoms with Crippen LogP contribution in [-0.2, 0) is 6.18 Å². The number of hydrogen-bond acceptors (Lipinski definition) is 4. The van der Waals surface area contributed by atoms with Gasteiger partial charge in [-0.2, -0.15) is 13.2 Å². The highest BCUT2D eigenvalue weighted by atomic mass is 35.5. The van der Waals surface area contributed by atoms with Gasteiger partial charge in [-0.3, -0.25) is 0 Å². The van der Waals surface area contributed by atoms with Gasteiger partial charge in [0.1, 0.15) is 11.0 Å². The molecule has 0 spiro atoms. The molecule has 0 aliphatic heterocycles. The highest BCUT2D eigenvalue weighted by molar-refractivity contribution is 6.29. The van der Waals surface area contributed by atoms with Crippen LogP contribution >= 0.6 is 11.6 Å². The van der Waals surface area contributed by atoms with Gasteiger partial charge in [-0.05, 0) is 31.6 Å². The Labute approximate surface area is 125 Å². The number of anilines is 1. The molecule has 118 valence electrons. The molecule has 0 saturated heterocycles. The lowest BCUT2D eigenvalue weighted by Crippen LogP contribution is -2.45. The summed E-state index contributed by atoms with van der Waals surface area (Å²) in [6, 6.07) is 1.24. The van der Waals surface area contributed by atoms with Crippen LogP contribution in [-0.4, -0.2) is 27.2 Å². The first-order valence-corrected chi connectivity index (χ1v) is 7.13. The molecule has 4 nitrogen and oxygen atoms in total. The largest absolute Gasteiger partial charge is 0.451 e. The Bertz CT molecular complexity index is 502. The third kappa shape index (κ3) is 3.97. The van der Waals surface area contributed by atoms with Crippen LogP contribution in [0.2, 0.25) is 5.15 Å². The first kappa shape index (κ1) is 16.3. The number of halogens is 4. The predicted octanol–water partition coefficient (Wildman–Crippen LogP) is 3.50. The summed E-state index contributed by atoms with van der Waals surface area (Å²) in [4.78, 5) is 6.65. The fourth-order valence-corrected chi connectivity index (χ4v) is 2.70. The van der Waals surface area contributed by atoms with E-state index in [1.807, 2.05) is 0 Å². The lowest BCUT2D eigenvalue weighted by atomic mass is 9.77. The van der Waals surface area contributed by atoms with Gasteiger partial charge in [0.15, 0.2) is 0 Å². The van der Waals surface area contributed by atoms with Gasteiger partial charge in [-0.25, -0.2) is 9.97 Å². The van der Waals surface area contributed by atoms with Crippen LogP contribution in [0.1, 0.15) is 38.4 Å². The lowest BCUT2D eigenvalue weighted by molar-refractivity contribution is -0.144. The first-order valence-electron chi connectivity index (χ1n) is 6.75. The van der Waals surface area contributed by atoms with Gasteiger partial charge in [-0.15, -0.1) is 0 Å². The van der Waals surface area contributed by atoms with Gasteiger partial charge in [0.25, 0.3) is 0 Å².